The number of fused-ring (bicyclic) bond motifs is 1. The van der Waals surface area contributed by atoms with Crippen LogP contribution >= 0.6 is 0 Å². The molecule has 1 aromatic heterocycles. The lowest BCUT2D eigenvalue weighted by atomic mass is 9.92. The van der Waals surface area contributed by atoms with E-state index in [9.17, 15) is 0 Å². The van der Waals surface area contributed by atoms with E-state index in [0.717, 1.165) is 11.2 Å². The molecule has 3 rings (SSSR count). The highest BCUT2D eigenvalue weighted by Crippen LogP contribution is 2.45. The lowest BCUT2D eigenvalue weighted by molar-refractivity contribution is 0.357. The van der Waals surface area contributed by atoms with Crippen LogP contribution in [0.25, 0.3) is 11.0 Å². The summed E-state index contributed by atoms with van der Waals surface area (Å²) in [6.45, 7) is 9.20. The van der Waals surface area contributed by atoms with Gasteiger partial charge in [-0.1, -0.05) is 27.7 Å². The molecule has 0 amide bonds. The van der Waals surface area contributed by atoms with Crippen LogP contribution in [-0.4, -0.2) is 9.55 Å². The van der Waals surface area contributed by atoms with Crippen molar-refractivity contribution >= 4 is 16.7 Å². The van der Waals surface area contributed by atoms with Gasteiger partial charge < -0.3 is 10.3 Å². The lowest BCUT2D eigenvalue weighted by Gasteiger charge is -2.21. The minimum atomic E-state index is 0.437. The van der Waals surface area contributed by atoms with E-state index in [1.54, 1.807) is 0 Å². The fourth-order valence-electron chi connectivity index (χ4n) is 3.55. The molecule has 1 fully saturated rings. The Balaban J connectivity index is 2.15. The van der Waals surface area contributed by atoms with Crippen LogP contribution in [-0.2, 0) is 0 Å². The number of anilines is 1. The summed E-state index contributed by atoms with van der Waals surface area (Å²) in [7, 11) is 0. The second kappa shape index (κ2) is 4.51. The largest absolute Gasteiger partial charge is 0.399 e. The van der Waals surface area contributed by atoms with E-state index in [2.05, 4.69) is 38.3 Å². The Labute approximate surface area is 121 Å². The van der Waals surface area contributed by atoms with Crippen molar-refractivity contribution in [2.45, 2.75) is 58.9 Å². The molecule has 2 aromatic rings. The molecule has 0 aliphatic heterocycles. The van der Waals surface area contributed by atoms with Crippen molar-refractivity contribution in [1.82, 2.24) is 9.55 Å². The monoisotopic (exact) mass is 271 g/mol. The molecule has 1 aliphatic rings. The summed E-state index contributed by atoms with van der Waals surface area (Å²) in [6.07, 6.45) is 3.79. The highest BCUT2D eigenvalue weighted by molar-refractivity contribution is 5.80. The molecule has 1 aliphatic carbocycles. The van der Waals surface area contributed by atoms with Gasteiger partial charge >= 0.3 is 0 Å². The van der Waals surface area contributed by atoms with Crippen LogP contribution in [0.4, 0.5) is 5.69 Å². The first-order valence-electron chi connectivity index (χ1n) is 7.65. The first-order valence-corrected chi connectivity index (χ1v) is 7.65. The van der Waals surface area contributed by atoms with Crippen molar-refractivity contribution < 1.29 is 0 Å². The Hall–Kier alpha value is -1.51. The van der Waals surface area contributed by atoms with Crippen molar-refractivity contribution in [3.05, 3.63) is 24.0 Å². The summed E-state index contributed by atoms with van der Waals surface area (Å²) in [5.41, 5.74) is 9.43. The number of hydrogen-bond donors (Lipinski definition) is 1. The molecule has 3 nitrogen and oxygen atoms in total. The number of nitrogens with zero attached hydrogens (tertiary/aromatic N) is 2. The number of nitrogen functional groups attached to an aromatic ring is 1. The number of nitrogens with two attached hydrogens (primary N) is 1. The molecular weight excluding hydrogens is 246 g/mol. The van der Waals surface area contributed by atoms with Gasteiger partial charge in [0.05, 0.1) is 11.0 Å². The van der Waals surface area contributed by atoms with Crippen LogP contribution in [0.1, 0.15) is 64.7 Å². The van der Waals surface area contributed by atoms with E-state index in [0.29, 0.717) is 17.4 Å². The first kappa shape index (κ1) is 13.5. The molecule has 20 heavy (non-hydrogen) atoms. The fourth-order valence-corrected chi connectivity index (χ4v) is 3.55. The summed E-state index contributed by atoms with van der Waals surface area (Å²) < 4.78 is 2.48. The van der Waals surface area contributed by atoms with Gasteiger partial charge in [0.2, 0.25) is 0 Å². The second-order valence-electron chi connectivity index (χ2n) is 7.30. The number of rotatable bonds is 2. The normalized spacial score (nSPS) is 21.9. The number of hydrogen-bond acceptors (Lipinski definition) is 2. The van der Waals surface area contributed by atoms with E-state index in [1.807, 2.05) is 12.1 Å². The van der Waals surface area contributed by atoms with Crippen LogP contribution in [0, 0.1) is 5.41 Å². The highest BCUT2D eigenvalue weighted by Gasteiger charge is 2.34. The van der Waals surface area contributed by atoms with Crippen molar-refractivity contribution in [3.8, 4) is 0 Å². The smallest absolute Gasteiger partial charge is 0.112 e. The molecule has 0 saturated heterocycles. The fraction of sp³-hybridized carbons (Fsp3) is 0.588. The predicted octanol–water partition coefficient (Wildman–Crippen LogP) is 4.49. The molecule has 0 radical (unpaired) electrons. The molecule has 1 atom stereocenters. The van der Waals surface area contributed by atoms with Crippen LogP contribution in [0.3, 0.4) is 0 Å². The molecule has 1 heterocycles. The van der Waals surface area contributed by atoms with Gasteiger partial charge in [0.1, 0.15) is 5.82 Å². The maximum absolute atomic E-state index is 5.91. The van der Waals surface area contributed by atoms with Gasteiger partial charge in [-0.05, 0) is 42.9 Å². The summed E-state index contributed by atoms with van der Waals surface area (Å²) >= 11 is 0. The van der Waals surface area contributed by atoms with E-state index in [1.165, 1.54) is 30.6 Å². The Morgan fingerprint density at radius 1 is 1.35 bits per heavy atom. The second-order valence-corrected chi connectivity index (χ2v) is 7.30. The third kappa shape index (κ3) is 2.19. The number of imidazole rings is 1. The minimum Gasteiger partial charge on any atom is -0.399 e. The zero-order chi connectivity index (χ0) is 14.5. The van der Waals surface area contributed by atoms with E-state index >= 15 is 0 Å². The SMILES string of the molecule is CC(C)c1nc2cc(N)ccc2n1C1CCC(C)(C)C1. The van der Waals surface area contributed by atoms with Crippen molar-refractivity contribution in [3.63, 3.8) is 0 Å². The van der Waals surface area contributed by atoms with E-state index in [-0.39, 0.29) is 0 Å². The summed E-state index contributed by atoms with van der Waals surface area (Å²) in [6, 6.07) is 6.70. The van der Waals surface area contributed by atoms with Gasteiger partial charge in [-0.2, -0.15) is 0 Å². The maximum atomic E-state index is 5.91. The van der Waals surface area contributed by atoms with Crippen LogP contribution in [0.5, 0.6) is 0 Å². The molecule has 3 heteroatoms. The van der Waals surface area contributed by atoms with Crippen LogP contribution in [0.2, 0.25) is 0 Å². The summed E-state index contributed by atoms with van der Waals surface area (Å²) in [4.78, 5) is 4.85. The average Bonchev–Trinajstić information content (AvgIpc) is 2.88. The minimum absolute atomic E-state index is 0.437. The lowest BCUT2D eigenvalue weighted by Crippen LogP contribution is -2.13. The van der Waals surface area contributed by atoms with Gasteiger partial charge in [-0.3, -0.25) is 0 Å². The molecule has 1 unspecified atom stereocenters. The third-order valence-corrected chi connectivity index (χ3v) is 4.56. The topological polar surface area (TPSA) is 43.8 Å². The summed E-state index contributed by atoms with van der Waals surface area (Å²) in [5.74, 6) is 1.64. The van der Waals surface area contributed by atoms with Crippen LogP contribution < -0.4 is 5.73 Å². The van der Waals surface area contributed by atoms with Gasteiger partial charge in [-0.15, -0.1) is 0 Å². The number of aromatic nitrogens is 2. The first-order chi connectivity index (χ1) is 9.37. The number of benzene rings is 1. The summed E-state index contributed by atoms with van der Waals surface area (Å²) in [5, 5.41) is 0. The zero-order valence-electron chi connectivity index (χ0n) is 13.0. The third-order valence-electron chi connectivity index (χ3n) is 4.56. The van der Waals surface area contributed by atoms with Crippen LogP contribution in [0.15, 0.2) is 18.2 Å². The van der Waals surface area contributed by atoms with Gasteiger partial charge in [0.25, 0.3) is 0 Å². The Morgan fingerprint density at radius 2 is 2.10 bits per heavy atom. The molecule has 2 N–H and O–H groups in total. The van der Waals surface area contributed by atoms with Crippen molar-refractivity contribution in [2.75, 3.05) is 5.73 Å². The zero-order valence-corrected chi connectivity index (χ0v) is 13.0. The van der Waals surface area contributed by atoms with E-state index in [4.69, 9.17) is 10.7 Å². The molecule has 108 valence electrons. The molecule has 1 aromatic carbocycles. The molecule has 0 bridgehead atoms. The van der Waals surface area contributed by atoms with E-state index < -0.39 is 0 Å². The Bertz CT molecular complexity index is 637. The molecule has 1 saturated carbocycles. The quantitative estimate of drug-likeness (QED) is 0.818. The van der Waals surface area contributed by atoms with Crippen molar-refractivity contribution in [1.29, 1.82) is 0 Å². The molecule has 0 spiro atoms. The predicted molar refractivity (Wildman–Crippen MR) is 84.9 cm³/mol. The van der Waals surface area contributed by atoms with Crippen molar-refractivity contribution in [2.24, 2.45) is 5.41 Å². The Kier molecular flexibility index (Phi) is 3.03. The maximum Gasteiger partial charge on any atom is 0.112 e. The van der Waals surface area contributed by atoms with Gasteiger partial charge in [0, 0.05) is 17.6 Å². The molecular formula is C17H25N3. The van der Waals surface area contributed by atoms with Gasteiger partial charge in [0.15, 0.2) is 0 Å². The average molecular weight is 271 g/mol. The van der Waals surface area contributed by atoms with Gasteiger partial charge in [-0.25, -0.2) is 4.98 Å². The Morgan fingerprint density at radius 3 is 2.70 bits per heavy atom. The highest BCUT2D eigenvalue weighted by atomic mass is 15.1. The standard InChI is InChI=1S/C17H25N3/c1-11(2)16-19-14-9-12(18)5-6-15(14)20(16)13-7-8-17(3,4)10-13/h5-6,9,11,13H,7-8,10,18H2,1-4H3.